The molecule has 2 rings (SSSR count). The highest BCUT2D eigenvalue weighted by molar-refractivity contribution is 5.85. The van der Waals surface area contributed by atoms with Crippen molar-refractivity contribution >= 4 is 18.3 Å². The van der Waals surface area contributed by atoms with Gasteiger partial charge in [-0.1, -0.05) is 29.8 Å². The van der Waals surface area contributed by atoms with Gasteiger partial charge in [-0.2, -0.15) is 0 Å². The molecule has 2 atom stereocenters. The van der Waals surface area contributed by atoms with E-state index in [0.717, 1.165) is 18.4 Å². The van der Waals surface area contributed by atoms with E-state index in [9.17, 15) is 4.79 Å². The van der Waals surface area contributed by atoms with Crippen LogP contribution in [0.15, 0.2) is 24.3 Å². The van der Waals surface area contributed by atoms with Crippen LogP contribution in [0.1, 0.15) is 24.0 Å². The van der Waals surface area contributed by atoms with Gasteiger partial charge in [0, 0.05) is 13.1 Å². The maximum atomic E-state index is 11.9. The Hall–Kier alpha value is -1.10. The first-order valence-corrected chi connectivity index (χ1v) is 6.38. The number of carbonyl (C=O) groups excluding carboxylic acids is 1. The summed E-state index contributed by atoms with van der Waals surface area (Å²) >= 11 is 0. The monoisotopic (exact) mass is 284 g/mol. The Morgan fingerprint density at radius 2 is 2.26 bits per heavy atom. The standard InChI is InChI=1S/C14H20N2O2.ClH/c1-10-3-2-4-11(7-10)9-16-14(17)13-6-5-12(8-15)18-13;/h2-4,7,12-13H,5-6,8-9,15H2,1H3,(H,16,17);1H/t12-,13+;/m1./s1. The average molecular weight is 285 g/mol. The molecule has 0 bridgehead atoms. The number of hydrogen-bond acceptors (Lipinski definition) is 3. The van der Waals surface area contributed by atoms with Crippen LogP contribution in [0.3, 0.4) is 0 Å². The molecule has 1 aliphatic rings. The van der Waals surface area contributed by atoms with Crippen molar-refractivity contribution in [2.45, 2.75) is 38.5 Å². The van der Waals surface area contributed by atoms with Crippen LogP contribution in [0.5, 0.6) is 0 Å². The van der Waals surface area contributed by atoms with Crippen LogP contribution in [0.25, 0.3) is 0 Å². The Bertz CT molecular complexity index is 426. The molecule has 1 amide bonds. The van der Waals surface area contributed by atoms with Crippen molar-refractivity contribution in [2.75, 3.05) is 6.54 Å². The van der Waals surface area contributed by atoms with Crippen molar-refractivity contribution in [3.63, 3.8) is 0 Å². The van der Waals surface area contributed by atoms with Crippen molar-refractivity contribution in [1.29, 1.82) is 0 Å². The highest BCUT2D eigenvalue weighted by Gasteiger charge is 2.29. The molecule has 0 radical (unpaired) electrons. The van der Waals surface area contributed by atoms with E-state index in [2.05, 4.69) is 11.4 Å². The van der Waals surface area contributed by atoms with Crippen LogP contribution in [0.4, 0.5) is 0 Å². The summed E-state index contributed by atoms with van der Waals surface area (Å²) in [7, 11) is 0. The zero-order valence-corrected chi connectivity index (χ0v) is 11.9. The summed E-state index contributed by atoms with van der Waals surface area (Å²) in [6.07, 6.45) is 1.35. The van der Waals surface area contributed by atoms with E-state index in [0.29, 0.717) is 13.1 Å². The minimum Gasteiger partial charge on any atom is -0.364 e. The van der Waals surface area contributed by atoms with Crippen LogP contribution >= 0.6 is 12.4 Å². The number of rotatable bonds is 4. The second-order valence-electron chi connectivity index (χ2n) is 4.77. The maximum Gasteiger partial charge on any atom is 0.249 e. The zero-order valence-electron chi connectivity index (χ0n) is 11.1. The van der Waals surface area contributed by atoms with E-state index in [1.807, 2.05) is 25.1 Å². The average Bonchev–Trinajstić information content (AvgIpc) is 2.85. The molecule has 0 saturated carbocycles. The number of amides is 1. The third-order valence-electron chi connectivity index (χ3n) is 3.21. The molecular weight excluding hydrogens is 264 g/mol. The lowest BCUT2D eigenvalue weighted by Crippen LogP contribution is -2.35. The first-order valence-electron chi connectivity index (χ1n) is 6.38. The molecule has 1 aromatic rings. The minimum atomic E-state index is -0.330. The maximum absolute atomic E-state index is 11.9. The van der Waals surface area contributed by atoms with Crippen LogP contribution in [0, 0.1) is 6.92 Å². The smallest absolute Gasteiger partial charge is 0.249 e. The molecule has 19 heavy (non-hydrogen) atoms. The van der Waals surface area contributed by atoms with Gasteiger partial charge in [0.15, 0.2) is 0 Å². The van der Waals surface area contributed by atoms with Crippen molar-refractivity contribution in [3.8, 4) is 0 Å². The molecule has 0 aromatic heterocycles. The lowest BCUT2D eigenvalue weighted by Gasteiger charge is -2.12. The van der Waals surface area contributed by atoms with Crippen molar-refractivity contribution < 1.29 is 9.53 Å². The number of nitrogens with two attached hydrogens (primary N) is 1. The zero-order chi connectivity index (χ0) is 13.0. The summed E-state index contributed by atoms with van der Waals surface area (Å²) in [5.74, 6) is -0.0348. The third-order valence-corrected chi connectivity index (χ3v) is 3.21. The molecule has 4 nitrogen and oxygen atoms in total. The summed E-state index contributed by atoms with van der Waals surface area (Å²) in [4.78, 5) is 11.9. The normalized spacial score (nSPS) is 21.8. The van der Waals surface area contributed by atoms with E-state index in [1.165, 1.54) is 5.56 Å². The van der Waals surface area contributed by atoms with E-state index >= 15 is 0 Å². The predicted octanol–water partition coefficient (Wildman–Crippen LogP) is 1.54. The Kier molecular flexibility index (Phi) is 6.28. The van der Waals surface area contributed by atoms with Gasteiger partial charge < -0.3 is 15.8 Å². The van der Waals surface area contributed by atoms with E-state index < -0.39 is 0 Å². The summed E-state index contributed by atoms with van der Waals surface area (Å²) in [5.41, 5.74) is 7.83. The first kappa shape index (κ1) is 16.0. The fraction of sp³-hybridized carbons (Fsp3) is 0.500. The summed E-state index contributed by atoms with van der Waals surface area (Å²) in [6.45, 7) is 3.08. The molecule has 5 heteroatoms. The Morgan fingerprint density at radius 1 is 1.47 bits per heavy atom. The first-order chi connectivity index (χ1) is 8.69. The Labute approximate surface area is 120 Å². The van der Waals surface area contributed by atoms with Gasteiger partial charge in [0.05, 0.1) is 6.10 Å². The van der Waals surface area contributed by atoms with Crippen LogP contribution in [-0.2, 0) is 16.1 Å². The lowest BCUT2D eigenvalue weighted by atomic mass is 10.1. The molecule has 1 aliphatic heterocycles. The second kappa shape index (κ2) is 7.48. The fourth-order valence-electron chi connectivity index (χ4n) is 2.20. The van der Waals surface area contributed by atoms with Gasteiger partial charge in [-0.3, -0.25) is 4.79 Å². The largest absolute Gasteiger partial charge is 0.364 e. The molecular formula is C14H21ClN2O2. The second-order valence-corrected chi connectivity index (χ2v) is 4.77. The van der Waals surface area contributed by atoms with E-state index in [-0.39, 0.29) is 30.5 Å². The number of hydrogen-bond donors (Lipinski definition) is 2. The van der Waals surface area contributed by atoms with Crippen molar-refractivity contribution in [3.05, 3.63) is 35.4 Å². The molecule has 3 N–H and O–H groups in total. The molecule has 0 spiro atoms. The van der Waals surface area contributed by atoms with Crippen molar-refractivity contribution in [2.24, 2.45) is 5.73 Å². The molecule has 0 unspecified atom stereocenters. The summed E-state index contributed by atoms with van der Waals surface area (Å²) in [5, 5.41) is 2.91. The highest BCUT2D eigenvalue weighted by atomic mass is 35.5. The minimum absolute atomic E-state index is 0. The van der Waals surface area contributed by atoms with Gasteiger partial charge in [-0.25, -0.2) is 0 Å². The van der Waals surface area contributed by atoms with Gasteiger partial charge in [0.25, 0.3) is 0 Å². The van der Waals surface area contributed by atoms with Gasteiger partial charge in [0.2, 0.25) is 5.91 Å². The fourth-order valence-corrected chi connectivity index (χ4v) is 2.20. The SMILES string of the molecule is Cc1cccc(CNC(=O)[C@@H]2CC[C@H](CN)O2)c1.Cl. The predicted molar refractivity (Wildman–Crippen MR) is 77.2 cm³/mol. The summed E-state index contributed by atoms with van der Waals surface area (Å²) < 4.78 is 5.55. The quantitative estimate of drug-likeness (QED) is 0.881. The Morgan fingerprint density at radius 3 is 2.89 bits per heavy atom. The summed E-state index contributed by atoms with van der Waals surface area (Å²) in [6, 6.07) is 8.11. The third kappa shape index (κ3) is 4.49. The van der Waals surface area contributed by atoms with Gasteiger partial charge in [-0.15, -0.1) is 12.4 Å². The van der Waals surface area contributed by atoms with Crippen molar-refractivity contribution in [1.82, 2.24) is 5.32 Å². The van der Waals surface area contributed by atoms with E-state index in [4.69, 9.17) is 10.5 Å². The molecule has 1 saturated heterocycles. The number of nitrogens with one attached hydrogen (secondary N) is 1. The topological polar surface area (TPSA) is 64.4 Å². The highest BCUT2D eigenvalue weighted by Crippen LogP contribution is 2.18. The van der Waals surface area contributed by atoms with Gasteiger partial charge >= 0.3 is 0 Å². The van der Waals surface area contributed by atoms with Gasteiger partial charge in [0.1, 0.15) is 6.10 Å². The molecule has 0 aliphatic carbocycles. The van der Waals surface area contributed by atoms with Crippen LogP contribution < -0.4 is 11.1 Å². The molecule has 1 heterocycles. The number of benzene rings is 1. The number of carbonyl (C=O) groups is 1. The van der Waals surface area contributed by atoms with Crippen LogP contribution in [0.2, 0.25) is 0 Å². The molecule has 106 valence electrons. The number of aryl methyl sites for hydroxylation is 1. The molecule has 1 fully saturated rings. The number of halogens is 1. The lowest BCUT2D eigenvalue weighted by molar-refractivity contribution is -0.132. The Balaban J connectivity index is 0.00000180. The van der Waals surface area contributed by atoms with Crippen LogP contribution in [-0.4, -0.2) is 24.7 Å². The molecule has 1 aromatic carbocycles. The van der Waals surface area contributed by atoms with Gasteiger partial charge in [-0.05, 0) is 25.3 Å². The number of ether oxygens (including phenoxy) is 1. The van der Waals surface area contributed by atoms with E-state index in [1.54, 1.807) is 0 Å².